The van der Waals surface area contributed by atoms with Crippen molar-refractivity contribution < 1.29 is 4.74 Å². The Kier molecular flexibility index (Phi) is 5.28. The second kappa shape index (κ2) is 6.76. The van der Waals surface area contributed by atoms with Crippen molar-refractivity contribution in [2.45, 2.75) is 46.1 Å². The highest BCUT2D eigenvalue weighted by Gasteiger charge is 2.22. The highest BCUT2D eigenvalue weighted by Crippen LogP contribution is 2.34. The van der Waals surface area contributed by atoms with Gasteiger partial charge in [0.2, 0.25) is 0 Å². The van der Waals surface area contributed by atoms with E-state index in [1.807, 2.05) is 0 Å². The SMILES string of the molecule is CCNC(Cc1cc(Br)cc2c1OCC2)C(C)CC. The molecule has 3 heteroatoms. The molecule has 2 nitrogen and oxygen atoms in total. The standard InChI is InChI=1S/C16H24BrNO/c1-4-11(3)15(18-5-2)10-13-9-14(17)8-12-6-7-19-16(12)13/h8-9,11,15,18H,4-7,10H2,1-3H3. The van der Waals surface area contributed by atoms with E-state index in [0.29, 0.717) is 12.0 Å². The number of nitrogens with one attached hydrogen (secondary N) is 1. The zero-order chi connectivity index (χ0) is 13.8. The summed E-state index contributed by atoms with van der Waals surface area (Å²) in [7, 11) is 0. The molecule has 0 aliphatic carbocycles. The van der Waals surface area contributed by atoms with Crippen molar-refractivity contribution >= 4 is 15.9 Å². The number of rotatable bonds is 6. The minimum absolute atomic E-state index is 0.526. The molecule has 1 N–H and O–H groups in total. The lowest BCUT2D eigenvalue weighted by Crippen LogP contribution is -2.36. The molecule has 0 amide bonds. The number of halogens is 1. The minimum Gasteiger partial charge on any atom is -0.493 e. The van der Waals surface area contributed by atoms with E-state index in [0.717, 1.165) is 31.7 Å². The monoisotopic (exact) mass is 325 g/mol. The predicted molar refractivity (Wildman–Crippen MR) is 84.0 cm³/mol. The average Bonchev–Trinajstić information content (AvgIpc) is 2.85. The van der Waals surface area contributed by atoms with Gasteiger partial charge >= 0.3 is 0 Å². The van der Waals surface area contributed by atoms with Crippen LogP contribution in [0.4, 0.5) is 0 Å². The first-order valence-electron chi connectivity index (χ1n) is 7.33. The summed E-state index contributed by atoms with van der Waals surface area (Å²) in [4.78, 5) is 0. The highest BCUT2D eigenvalue weighted by atomic mass is 79.9. The van der Waals surface area contributed by atoms with Crippen molar-refractivity contribution in [2.75, 3.05) is 13.2 Å². The molecule has 0 radical (unpaired) electrons. The summed E-state index contributed by atoms with van der Waals surface area (Å²) >= 11 is 3.62. The van der Waals surface area contributed by atoms with Gasteiger partial charge in [0.1, 0.15) is 5.75 Å². The number of hydrogen-bond acceptors (Lipinski definition) is 2. The van der Waals surface area contributed by atoms with Crippen LogP contribution in [-0.2, 0) is 12.8 Å². The molecule has 0 fully saturated rings. The summed E-state index contributed by atoms with van der Waals surface area (Å²) in [5.74, 6) is 1.81. The van der Waals surface area contributed by atoms with Crippen molar-refractivity contribution in [1.82, 2.24) is 5.32 Å². The van der Waals surface area contributed by atoms with Crippen molar-refractivity contribution in [2.24, 2.45) is 5.92 Å². The van der Waals surface area contributed by atoms with Gasteiger partial charge in [0, 0.05) is 16.9 Å². The van der Waals surface area contributed by atoms with Crippen molar-refractivity contribution in [1.29, 1.82) is 0 Å². The normalized spacial score (nSPS) is 16.8. The number of likely N-dealkylation sites (N-methyl/N-ethyl adjacent to an activating group) is 1. The van der Waals surface area contributed by atoms with Crippen LogP contribution in [0.5, 0.6) is 5.75 Å². The number of ether oxygens (including phenoxy) is 1. The Balaban J connectivity index is 2.21. The maximum absolute atomic E-state index is 5.83. The molecule has 0 spiro atoms. The Morgan fingerprint density at radius 2 is 2.16 bits per heavy atom. The van der Waals surface area contributed by atoms with Gasteiger partial charge in [-0.15, -0.1) is 0 Å². The third-order valence-electron chi connectivity index (χ3n) is 4.06. The smallest absolute Gasteiger partial charge is 0.125 e. The lowest BCUT2D eigenvalue weighted by atomic mass is 9.92. The summed E-state index contributed by atoms with van der Waals surface area (Å²) in [6.07, 6.45) is 3.29. The second-order valence-electron chi connectivity index (χ2n) is 5.41. The third-order valence-corrected chi connectivity index (χ3v) is 4.52. The summed E-state index contributed by atoms with van der Waals surface area (Å²) in [5.41, 5.74) is 2.69. The van der Waals surface area contributed by atoms with E-state index in [1.165, 1.54) is 22.0 Å². The van der Waals surface area contributed by atoms with Crippen LogP contribution in [0.15, 0.2) is 16.6 Å². The summed E-state index contributed by atoms with van der Waals surface area (Å²) in [6, 6.07) is 4.94. The maximum atomic E-state index is 5.83. The second-order valence-corrected chi connectivity index (χ2v) is 6.32. The van der Waals surface area contributed by atoms with Gasteiger partial charge in [-0.05, 0) is 42.1 Å². The van der Waals surface area contributed by atoms with E-state index in [9.17, 15) is 0 Å². The summed E-state index contributed by atoms with van der Waals surface area (Å²) < 4.78 is 7.00. The average molecular weight is 326 g/mol. The van der Waals surface area contributed by atoms with Crippen LogP contribution in [-0.4, -0.2) is 19.2 Å². The fraction of sp³-hybridized carbons (Fsp3) is 0.625. The topological polar surface area (TPSA) is 21.3 Å². The minimum atomic E-state index is 0.526. The van der Waals surface area contributed by atoms with Gasteiger partial charge < -0.3 is 10.1 Å². The first-order chi connectivity index (χ1) is 9.15. The van der Waals surface area contributed by atoms with Crippen LogP contribution in [0.25, 0.3) is 0 Å². The lowest BCUT2D eigenvalue weighted by Gasteiger charge is -2.25. The molecule has 2 unspecified atom stereocenters. The predicted octanol–water partition coefficient (Wildman–Crippen LogP) is 3.95. The van der Waals surface area contributed by atoms with Crippen molar-refractivity contribution in [3.63, 3.8) is 0 Å². The molecule has 1 aliphatic heterocycles. The molecule has 2 rings (SSSR count). The van der Waals surface area contributed by atoms with E-state index in [1.54, 1.807) is 0 Å². The Morgan fingerprint density at radius 1 is 1.37 bits per heavy atom. The van der Waals surface area contributed by atoms with E-state index >= 15 is 0 Å². The maximum Gasteiger partial charge on any atom is 0.125 e. The molecule has 1 heterocycles. The fourth-order valence-corrected chi connectivity index (χ4v) is 3.31. The molecule has 0 aromatic heterocycles. The van der Waals surface area contributed by atoms with Gasteiger partial charge in [0.15, 0.2) is 0 Å². The zero-order valence-electron chi connectivity index (χ0n) is 12.1. The first kappa shape index (κ1) is 14.9. The largest absolute Gasteiger partial charge is 0.493 e. The van der Waals surface area contributed by atoms with Crippen LogP contribution >= 0.6 is 15.9 Å². The van der Waals surface area contributed by atoms with Crippen LogP contribution in [0.2, 0.25) is 0 Å². The molecule has 1 aromatic rings. The Labute approximate surface area is 125 Å². The zero-order valence-corrected chi connectivity index (χ0v) is 13.7. The quantitative estimate of drug-likeness (QED) is 0.855. The van der Waals surface area contributed by atoms with Gasteiger partial charge in [-0.3, -0.25) is 0 Å². The molecule has 0 bridgehead atoms. The molecule has 1 aromatic carbocycles. The van der Waals surface area contributed by atoms with Gasteiger partial charge in [-0.25, -0.2) is 0 Å². The molecular formula is C16H24BrNO. The van der Waals surface area contributed by atoms with Gasteiger partial charge in [0.05, 0.1) is 6.61 Å². The molecular weight excluding hydrogens is 302 g/mol. The van der Waals surface area contributed by atoms with Crippen LogP contribution in [0.3, 0.4) is 0 Å². The van der Waals surface area contributed by atoms with Crippen LogP contribution in [0, 0.1) is 5.92 Å². The fourth-order valence-electron chi connectivity index (χ4n) is 2.76. The van der Waals surface area contributed by atoms with Crippen molar-refractivity contribution in [3.8, 4) is 5.75 Å². The van der Waals surface area contributed by atoms with Gasteiger partial charge in [0.25, 0.3) is 0 Å². The lowest BCUT2D eigenvalue weighted by molar-refractivity contribution is 0.341. The van der Waals surface area contributed by atoms with E-state index in [4.69, 9.17) is 4.74 Å². The van der Waals surface area contributed by atoms with E-state index in [2.05, 4.69) is 54.2 Å². The Hall–Kier alpha value is -0.540. The Morgan fingerprint density at radius 3 is 2.84 bits per heavy atom. The van der Waals surface area contributed by atoms with Crippen molar-refractivity contribution in [3.05, 3.63) is 27.7 Å². The molecule has 0 saturated carbocycles. The van der Waals surface area contributed by atoms with E-state index in [-0.39, 0.29) is 0 Å². The number of fused-ring (bicyclic) bond motifs is 1. The molecule has 1 aliphatic rings. The van der Waals surface area contributed by atoms with Crippen LogP contribution in [0.1, 0.15) is 38.3 Å². The van der Waals surface area contributed by atoms with Gasteiger partial charge in [-0.1, -0.05) is 43.1 Å². The third kappa shape index (κ3) is 3.51. The number of hydrogen-bond donors (Lipinski definition) is 1. The van der Waals surface area contributed by atoms with E-state index < -0.39 is 0 Å². The number of benzene rings is 1. The first-order valence-corrected chi connectivity index (χ1v) is 8.12. The van der Waals surface area contributed by atoms with Gasteiger partial charge in [-0.2, -0.15) is 0 Å². The molecule has 19 heavy (non-hydrogen) atoms. The highest BCUT2D eigenvalue weighted by molar-refractivity contribution is 9.10. The summed E-state index contributed by atoms with van der Waals surface area (Å²) in [5, 5.41) is 3.62. The summed E-state index contributed by atoms with van der Waals surface area (Å²) in [6.45, 7) is 8.61. The molecule has 0 saturated heterocycles. The van der Waals surface area contributed by atoms with Crippen LogP contribution < -0.4 is 10.1 Å². The molecule has 106 valence electrons. The Bertz CT molecular complexity index is 433. The molecule has 2 atom stereocenters.